The Morgan fingerprint density at radius 1 is 1.21 bits per heavy atom. The first kappa shape index (κ1) is 13.3. The molecule has 3 aliphatic rings. The van der Waals surface area contributed by atoms with Gasteiger partial charge in [0.05, 0.1) is 5.92 Å². The van der Waals surface area contributed by atoms with Gasteiger partial charge in [-0.15, -0.1) is 0 Å². The smallest absolute Gasteiger partial charge is 0.249 e. The summed E-state index contributed by atoms with van der Waals surface area (Å²) in [5, 5.41) is 5.69. The van der Waals surface area contributed by atoms with E-state index in [9.17, 15) is 14.4 Å². The number of fused-ring (bicyclic) bond motifs is 1. The molecule has 4 unspecified atom stereocenters. The topological polar surface area (TPSA) is 78.5 Å². The van der Waals surface area contributed by atoms with Crippen molar-refractivity contribution in [2.45, 2.75) is 35.3 Å². The van der Waals surface area contributed by atoms with Gasteiger partial charge in [0, 0.05) is 22.9 Å². The van der Waals surface area contributed by atoms with Gasteiger partial charge in [-0.1, -0.05) is 22.6 Å². The Bertz CT molecular complexity index is 442. The molecule has 3 rings (SSSR count). The van der Waals surface area contributed by atoms with Crippen LogP contribution < -0.4 is 10.6 Å². The Kier molecular flexibility index (Phi) is 3.50. The first-order valence-corrected chi connectivity index (χ1v) is 7.84. The third-order valence-electron chi connectivity index (χ3n) is 4.20. The van der Waals surface area contributed by atoms with Crippen LogP contribution in [-0.2, 0) is 14.4 Å². The Balaban J connectivity index is 1.77. The van der Waals surface area contributed by atoms with E-state index in [0.717, 1.165) is 13.0 Å². The SMILES string of the molecule is O=C1CCC(N2CC3NCCC(I)C3C2=O)C(=O)N1. The van der Waals surface area contributed by atoms with Gasteiger partial charge in [0.15, 0.2) is 0 Å². The number of amides is 3. The number of hydrogen-bond acceptors (Lipinski definition) is 4. The maximum Gasteiger partial charge on any atom is 0.249 e. The highest BCUT2D eigenvalue weighted by molar-refractivity contribution is 14.1. The van der Waals surface area contributed by atoms with Crippen molar-refractivity contribution in [2.24, 2.45) is 5.92 Å². The van der Waals surface area contributed by atoms with Gasteiger partial charge in [-0.2, -0.15) is 0 Å². The van der Waals surface area contributed by atoms with Crippen molar-refractivity contribution < 1.29 is 14.4 Å². The van der Waals surface area contributed by atoms with E-state index < -0.39 is 6.04 Å². The van der Waals surface area contributed by atoms with Gasteiger partial charge in [-0.3, -0.25) is 19.7 Å². The Morgan fingerprint density at radius 3 is 2.68 bits per heavy atom. The number of imide groups is 1. The van der Waals surface area contributed by atoms with Gasteiger partial charge in [-0.05, 0) is 19.4 Å². The molecule has 6 nitrogen and oxygen atoms in total. The summed E-state index contributed by atoms with van der Waals surface area (Å²) in [4.78, 5) is 37.2. The van der Waals surface area contributed by atoms with E-state index in [-0.39, 0.29) is 29.7 Å². The molecule has 0 radical (unpaired) electrons. The number of likely N-dealkylation sites (tertiary alicyclic amines) is 1. The molecule has 0 aliphatic carbocycles. The summed E-state index contributed by atoms with van der Waals surface area (Å²) in [6.07, 6.45) is 1.75. The maximum absolute atomic E-state index is 12.5. The highest BCUT2D eigenvalue weighted by Gasteiger charge is 2.49. The van der Waals surface area contributed by atoms with Crippen LogP contribution in [0.5, 0.6) is 0 Å². The molecule has 19 heavy (non-hydrogen) atoms. The van der Waals surface area contributed by atoms with Crippen molar-refractivity contribution in [1.29, 1.82) is 0 Å². The first-order chi connectivity index (χ1) is 9.08. The summed E-state index contributed by atoms with van der Waals surface area (Å²) in [6, 6.07) is -0.324. The van der Waals surface area contributed by atoms with Crippen LogP contribution in [0.1, 0.15) is 19.3 Å². The number of piperidine rings is 2. The molecule has 3 saturated heterocycles. The molecule has 0 aromatic carbocycles. The van der Waals surface area contributed by atoms with Gasteiger partial charge in [0.25, 0.3) is 0 Å². The summed E-state index contributed by atoms with van der Waals surface area (Å²) >= 11 is 2.34. The van der Waals surface area contributed by atoms with Gasteiger partial charge in [0.1, 0.15) is 6.04 Å². The summed E-state index contributed by atoms with van der Waals surface area (Å²) in [7, 11) is 0. The minimum atomic E-state index is -0.471. The third-order valence-corrected chi connectivity index (χ3v) is 5.60. The number of halogens is 1. The molecule has 0 saturated carbocycles. The number of carbonyl (C=O) groups is 3. The molecule has 0 aromatic heterocycles. The second-order valence-electron chi connectivity index (χ2n) is 5.35. The van der Waals surface area contributed by atoms with Crippen molar-refractivity contribution >= 4 is 40.3 Å². The second kappa shape index (κ2) is 5.01. The molecule has 0 aromatic rings. The highest BCUT2D eigenvalue weighted by atomic mass is 127. The van der Waals surface area contributed by atoms with E-state index in [2.05, 4.69) is 33.2 Å². The van der Waals surface area contributed by atoms with Gasteiger partial charge in [-0.25, -0.2) is 0 Å². The summed E-state index contributed by atoms with van der Waals surface area (Å²) < 4.78 is 0.328. The maximum atomic E-state index is 12.5. The highest BCUT2D eigenvalue weighted by Crippen LogP contribution is 2.33. The summed E-state index contributed by atoms with van der Waals surface area (Å²) in [6.45, 7) is 1.50. The van der Waals surface area contributed by atoms with E-state index in [1.165, 1.54) is 0 Å². The predicted octanol–water partition coefficient (Wildman–Crippen LogP) is -0.584. The van der Waals surface area contributed by atoms with Crippen LogP contribution in [0.3, 0.4) is 0 Å². The number of rotatable bonds is 1. The largest absolute Gasteiger partial charge is 0.329 e. The standard InChI is InChI=1S/C12H16IN3O3/c13-6-3-4-14-7-5-16(12(19)10(6)7)8-1-2-9(17)15-11(8)18/h6-8,10,14H,1-5H2,(H,15,17,18). The Morgan fingerprint density at radius 2 is 2.00 bits per heavy atom. The van der Waals surface area contributed by atoms with Crippen LogP contribution in [0, 0.1) is 5.92 Å². The van der Waals surface area contributed by atoms with E-state index in [1.807, 2.05) is 0 Å². The predicted molar refractivity (Wildman–Crippen MR) is 75.6 cm³/mol. The lowest BCUT2D eigenvalue weighted by molar-refractivity contribution is -0.144. The molecule has 3 fully saturated rings. The van der Waals surface area contributed by atoms with Crippen molar-refractivity contribution in [3.63, 3.8) is 0 Å². The minimum Gasteiger partial charge on any atom is -0.329 e. The van der Waals surface area contributed by atoms with Crippen LogP contribution >= 0.6 is 22.6 Å². The van der Waals surface area contributed by atoms with Crippen molar-refractivity contribution in [3.8, 4) is 0 Å². The van der Waals surface area contributed by atoms with Gasteiger partial charge in [0.2, 0.25) is 17.7 Å². The lowest BCUT2D eigenvalue weighted by Crippen LogP contribution is -2.53. The van der Waals surface area contributed by atoms with Crippen molar-refractivity contribution in [3.05, 3.63) is 0 Å². The van der Waals surface area contributed by atoms with Gasteiger partial charge >= 0.3 is 0 Å². The number of nitrogens with zero attached hydrogens (tertiary/aromatic N) is 1. The average Bonchev–Trinajstić information content (AvgIpc) is 2.68. The number of nitrogens with one attached hydrogen (secondary N) is 2. The van der Waals surface area contributed by atoms with Crippen LogP contribution in [0.4, 0.5) is 0 Å². The average molecular weight is 377 g/mol. The van der Waals surface area contributed by atoms with E-state index in [4.69, 9.17) is 0 Å². The molecule has 2 N–H and O–H groups in total. The molecule has 0 bridgehead atoms. The fourth-order valence-corrected chi connectivity index (χ4v) is 4.34. The van der Waals surface area contributed by atoms with Gasteiger partial charge < -0.3 is 10.2 Å². The lowest BCUT2D eigenvalue weighted by Gasteiger charge is -2.29. The normalized spacial score (nSPS) is 39.2. The quantitative estimate of drug-likeness (QED) is 0.364. The second-order valence-corrected chi connectivity index (χ2v) is 6.95. The molecule has 104 valence electrons. The third kappa shape index (κ3) is 2.26. The van der Waals surface area contributed by atoms with E-state index >= 15 is 0 Å². The monoisotopic (exact) mass is 377 g/mol. The fourth-order valence-electron chi connectivity index (χ4n) is 3.22. The zero-order valence-corrected chi connectivity index (χ0v) is 12.6. The molecule has 3 aliphatic heterocycles. The Labute approximate surface area is 124 Å². The lowest BCUT2D eigenvalue weighted by atomic mass is 9.93. The number of hydrogen-bond donors (Lipinski definition) is 2. The van der Waals surface area contributed by atoms with Crippen LogP contribution in [0.15, 0.2) is 0 Å². The zero-order chi connectivity index (χ0) is 13.6. The zero-order valence-electron chi connectivity index (χ0n) is 10.4. The van der Waals surface area contributed by atoms with Crippen molar-refractivity contribution in [1.82, 2.24) is 15.5 Å². The molecule has 4 atom stereocenters. The molecule has 0 spiro atoms. The number of carbonyl (C=O) groups excluding carboxylic acids is 3. The first-order valence-electron chi connectivity index (χ1n) is 6.59. The molecule has 3 amide bonds. The van der Waals surface area contributed by atoms with E-state index in [1.54, 1.807) is 4.90 Å². The van der Waals surface area contributed by atoms with Crippen molar-refractivity contribution in [2.75, 3.05) is 13.1 Å². The number of alkyl halides is 1. The minimum absolute atomic E-state index is 0.0280. The van der Waals surface area contributed by atoms with Crippen LogP contribution in [0.2, 0.25) is 0 Å². The fraction of sp³-hybridized carbons (Fsp3) is 0.750. The molecule has 3 heterocycles. The van der Waals surface area contributed by atoms with E-state index in [0.29, 0.717) is 23.3 Å². The summed E-state index contributed by atoms with van der Waals surface area (Å²) in [5.74, 6) is -0.533. The molecular formula is C12H16IN3O3. The Hall–Kier alpha value is -0.700. The summed E-state index contributed by atoms with van der Waals surface area (Å²) in [5.41, 5.74) is 0. The molecular weight excluding hydrogens is 361 g/mol. The van der Waals surface area contributed by atoms with Crippen LogP contribution in [-0.4, -0.2) is 51.7 Å². The molecule has 7 heteroatoms. The van der Waals surface area contributed by atoms with Crippen LogP contribution in [0.25, 0.3) is 0 Å².